The van der Waals surface area contributed by atoms with Crippen molar-refractivity contribution in [2.75, 3.05) is 14.2 Å². The fraction of sp³-hybridized carbons (Fsp3) is 0.400. The fourth-order valence-corrected chi connectivity index (χ4v) is 2.16. The highest BCUT2D eigenvalue weighted by atomic mass is 16.5. The number of aliphatic hydroxyl groups is 1. The van der Waals surface area contributed by atoms with Crippen molar-refractivity contribution < 1.29 is 14.6 Å². The molecule has 2 aromatic rings. The Hall–Kier alpha value is -2.01. The second-order valence-electron chi connectivity index (χ2n) is 4.71. The molecule has 5 heteroatoms. The second kappa shape index (κ2) is 6.43. The number of hydrogen-bond acceptors (Lipinski definition) is 4. The molecule has 1 aromatic heterocycles. The molecule has 0 aliphatic rings. The minimum absolute atomic E-state index is 0.478. The molecule has 20 heavy (non-hydrogen) atoms. The third-order valence-corrected chi connectivity index (χ3v) is 3.26. The van der Waals surface area contributed by atoms with Crippen LogP contribution in [-0.4, -0.2) is 35.0 Å². The molecule has 0 saturated carbocycles. The van der Waals surface area contributed by atoms with Crippen molar-refractivity contribution in [2.45, 2.75) is 18.9 Å². The van der Waals surface area contributed by atoms with Crippen molar-refractivity contribution in [1.82, 2.24) is 9.55 Å². The lowest BCUT2D eigenvalue weighted by Gasteiger charge is -2.13. The van der Waals surface area contributed by atoms with Crippen molar-refractivity contribution in [3.63, 3.8) is 0 Å². The van der Waals surface area contributed by atoms with E-state index in [1.807, 2.05) is 36.0 Å². The summed E-state index contributed by atoms with van der Waals surface area (Å²) >= 11 is 0. The molecule has 108 valence electrons. The Kier molecular flexibility index (Phi) is 4.63. The molecular weight excluding hydrogens is 256 g/mol. The van der Waals surface area contributed by atoms with Crippen LogP contribution in [0.1, 0.15) is 11.4 Å². The zero-order valence-electron chi connectivity index (χ0n) is 12.0. The van der Waals surface area contributed by atoms with Crippen LogP contribution in [0.3, 0.4) is 0 Å². The molecule has 0 spiro atoms. The first-order valence-corrected chi connectivity index (χ1v) is 6.49. The van der Waals surface area contributed by atoms with Crippen molar-refractivity contribution in [3.05, 3.63) is 42.0 Å². The van der Waals surface area contributed by atoms with E-state index >= 15 is 0 Å². The summed E-state index contributed by atoms with van der Waals surface area (Å²) in [6.45, 7) is 0. The molecule has 0 bridgehead atoms. The summed E-state index contributed by atoms with van der Waals surface area (Å²) in [7, 11) is 5.13. The van der Waals surface area contributed by atoms with Gasteiger partial charge in [0, 0.05) is 25.9 Å². The first-order valence-electron chi connectivity index (χ1n) is 6.49. The van der Waals surface area contributed by atoms with E-state index in [4.69, 9.17) is 9.47 Å². The van der Waals surface area contributed by atoms with E-state index < -0.39 is 6.10 Å². The van der Waals surface area contributed by atoms with E-state index in [1.165, 1.54) is 0 Å². The number of methoxy groups -OCH3 is 2. The Balaban J connectivity index is 2.04. The molecule has 0 amide bonds. The lowest BCUT2D eigenvalue weighted by atomic mass is 10.0. The van der Waals surface area contributed by atoms with Crippen LogP contribution in [0.5, 0.6) is 11.5 Å². The number of nitrogens with zero attached hydrogens (tertiary/aromatic N) is 2. The van der Waals surface area contributed by atoms with E-state index in [2.05, 4.69) is 4.98 Å². The number of aromatic nitrogens is 2. The van der Waals surface area contributed by atoms with Crippen LogP contribution >= 0.6 is 0 Å². The van der Waals surface area contributed by atoms with Crippen LogP contribution in [0, 0.1) is 0 Å². The van der Waals surface area contributed by atoms with Gasteiger partial charge in [0.1, 0.15) is 5.82 Å². The summed E-state index contributed by atoms with van der Waals surface area (Å²) in [5.41, 5.74) is 1.00. The van der Waals surface area contributed by atoms with Gasteiger partial charge in [-0.25, -0.2) is 4.98 Å². The zero-order chi connectivity index (χ0) is 14.5. The van der Waals surface area contributed by atoms with Crippen LogP contribution in [0.2, 0.25) is 0 Å². The van der Waals surface area contributed by atoms with Crippen molar-refractivity contribution in [2.24, 2.45) is 7.05 Å². The van der Waals surface area contributed by atoms with Gasteiger partial charge in [0.15, 0.2) is 11.5 Å². The van der Waals surface area contributed by atoms with E-state index in [9.17, 15) is 5.11 Å². The molecular formula is C15H20N2O3. The van der Waals surface area contributed by atoms with Crippen molar-refractivity contribution in [1.29, 1.82) is 0 Å². The van der Waals surface area contributed by atoms with E-state index in [0.29, 0.717) is 24.3 Å². The quantitative estimate of drug-likeness (QED) is 0.870. The summed E-state index contributed by atoms with van der Waals surface area (Å²) in [5.74, 6) is 2.24. The van der Waals surface area contributed by atoms with Crippen LogP contribution in [0.4, 0.5) is 0 Å². The van der Waals surface area contributed by atoms with Gasteiger partial charge >= 0.3 is 0 Å². The largest absolute Gasteiger partial charge is 0.493 e. The molecule has 0 saturated heterocycles. The number of benzene rings is 1. The number of aryl methyl sites for hydroxylation is 1. The minimum atomic E-state index is -0.478. The van der Waals surface area contributed by atoms with E-state index in [0.717, 1.165) is 11.4 Å². The topological polar surface area (TPSA) is 56.5 Å². The minimum Gasteiger partial charge on any atom is -0.493 e. The Bertz CT molecular complexity index is 566. The summed E-state index contributed by atoms with van der Waals surface area (Å²) in [6, 6.07) is 5.67. The highest BCUT2D eigenvalue weighted by Crippen LogP contribution is 2.28. The molecule has 1 atom stereocenters. The maximum absolute atomic E-state index is 10.2. The van der Waals surface area contributed by atoms with Gasteiger partial charge in [0.25, 0.3) is 0 Å². The predicted octanol–water partition coefficient (Wildman–Crippen LogP) is 1.58. The summed E-state index contributed by atoms with van der Waals surface area (Å²) in [5, 5.41) is 10.2. The van der Waals surface area contributed by atoms with Gasteiger partial charge in [0.05, 0.1) is 20.3 Å². The lowest BCUT2D eigenvalue weighted by molar-refractivity contribution is 0.172. The highest BCUT2D eigenvalue weighted by Gasteiger charge is 2.12. The third kappa shape index (κ3) is 3.30. The highest BCUT2D eigenvalue weighted by molar-refractivity contribution is 5.43. The van der Waals surface area contributed by atoms with Gasteiger partial charge in [-0.15, -0.1) is 0 Å². The Labute approximate surface area is 118 Å². The molecule has 2 rings (SSSR count). The van der Waals surface area contributed by atoms with Crippen LogP contribution in [0.15, 0.2) is 30.6 Å². The average molecular weight is 276 g/mol. The molecule has 0 aliphatic heterocycles. The molecule has 1 N–H and O–H groups in total. The Morgan fingerprint density at radius 2 is 1.95 bits per heavy atom. The number of rotatable bonds is 6. The smallest absolute Gasteiger partial charge is 0.160 e. The second-order valence-corrected chi connectivity index (χ2v) is 4.71. The number of hydrogen-bond donors (Lipinski definition) is 1. The maximum atomic E-state index is 10.2. The van der Waals surface area contributed by atoms with Gasteiger partial charge in [-0.2, -0.15) is 0 Å². The monoisotopic (exact) mass is 276 g/mol. The SMILES string of the molecule is COc1ccc(CC(O)Cc2nccn2C)cc1OC. The van der Waals surface area contributed by atoms with Gasteiger partial charge in [-0.3, -0.25) is 0 Å². The fourth-order valence-electron chi connectivity index (χ4n) is 2.16. The van der Waals surface area contributed by atoms with E-state index in [-0.39, 0.29) is 0 Å². The normalized spacial score (nSPS) is 12.2. The van der Waals surface area contributed by atoms with Crippen LogP contribution in [0.25, 0.3) is 0 Å². The maximum Gasteiger partial charge on any atom is 0.160 e. The van der Waals surface area contributed by atoms with Gasteiger partial charge < -0.3 is 19.1 Å². The van der Waals surface area contributed by atoms with Gasteiger partial charge in [-0.05, 0) is 24.1 Å². The molecule has 5 nitrogen and oxygen atoms in total. The number of ether oxygens (including phenoxy) is 2. The molecule has 1 aromatic carbocycles. The standard InChI is InChI=1S/C15H20N2O3/c1-17-7-6-16-15(17)10-12(18)8-11-4-5-13(19-2)14(9-11)20-3/h4-7,9,12,18H,8,10H2,1-3H3. The van der Waals surface area contributed by atoms with Gasteiger partial charge in [0.2, 0.25) is 0 Å². The van der Waals surface area contributed by atoms with Crippen LogP contribution in [-0.2, 0) is 19.9 Å². The zero-order valence-corrected chi connectivity index (χ0v) is 12.0. The molecule has 1 unspecified atom stereocenters. The number of aliphatic hydroxyl groups excluding tert-OH is 1. The predicted molar refractivity (Wildman–Crippen MR) is 76.2 cm³/mol. The Morgan fingerprint density at radius 1 is 1.20 bits per heavy atom. The first-order chi connectivity index (χ1) is 9.63. The van der Waals surface area contributed by atoms with Gasteiger partial charge in [-0.1, -0.05) is 6.07 Å². The van der Waals surface area contributed by atoms with Crippen LogP contribution < -0.4 is 9.47 Å². The molecule has 0 fully saturated rings. The Morgan fingerprint density at radius 3 is 2.55 bits per heavy atom. The first kappa shape index (κ1) is 14.4. The summed E-state index contributed by atoms with van der Waals surface area (Å²) in [6.07, 6.45) is 4.20. The van der Waals surface area contributed by atoms with E-state index in [1.54, 1.807) is 20.4 Å². The summed E-state index contributed by atoms with van der Waals surface area (Å²) in [4.78, 5) is 4.22. The summed E-state index contributed by atoms with van der Waals surface area (Å²) < 4.78 is 12.4. The molecule has 1 heterocycles. The average Bonchev–Trinajstić information content (AvgIpc) is 2.84. The third-order valence-electron chi connectivity index (χ3n) is 3.26. The molecule has 0 radical (unpaired) electrons. The molecule has 0 aliphatic carbocycles. The lowest BCUT2D eigenvalue weighted by Crippen LogP contribution is -2.16. The van der Waals surface area contributed by atoms with Crippen molar-refractivity contribution in [3.8, 4) is 11.5 Å². The number of imidazole rings is 1. The van der Waals surface area contributed by atoms with Crippen molar-refractivity contribution >= 4 is 0 Å².